The summed E-state index contributed by atoms with van der Waals surface area (Å²) in [5, 5.41) is 13.2. The van der Waals surface area contributed by atoms with Crippen LogP contribution in [0.3, 0.4) is 0 Å². The minimum Gasteiger partial charge on any atom is -0.461 e. The lowest BCUT2D eigenvalue weighted by molar-refractivity contribution is 0.577. The molecule has 2 aromatic rings. The van der Waals surface area contributed by atoms with Gasteiger partial charge >= 0.3 is 0 Å². The quantitative estimate of drug-likeness (QED) is 0.419. The molecule has 0 aromatic carbocycles. The number of furan rings is 1. The second kappa shape index (κ2) is 7.13. The molecule has 0 atom stereocenters. The number of aromatic amines is 1. The Morgan fingerprint density at radius 2 is 2.45 bits per heavy atom. The van der Waals surface area contributed by atoms with Crippen molar-refractivity contribution in [3.05, 3.63) is 36.9 Å². The molecule has 0 aliphatic rings. The van der Waals surface area contributed by atoms with Crippen LogP contribution in [0.15, 0.2) is 40.5 Å². The molecule has 2 aromatic heterocycles. The molecule has 0 amide bonds. The maximum Gasteiger partial charge on any atom is 0.216 e. The van der Waals surface area contributed by atoms with Gasteiger partial charge < -0.3 is 15.1 Å². The first-order valence-electron chi connectivity index (χ1n) is 6.41. The lowest BCUT2D eigenvalue weighted by Crippen LogP contribution is -2.37. The van der Waals surface area contributed by atoms with E-state index in [0.717, 1.165) is 6.54 Å². The molecule has 20 heavy (non-hydrogen) atoms. The molecule has 0 aliphatic heterocycles. The predicted molar refractivity (Wildman–Crippen MR) is 77.1 cm³/mol. The Kier molecular flexibility index (Phi) is 4.94. The largest absolute Gasteiger partial charge is 0.461 e. The predicted octanol–water partition coefficient (Wildman–Crippen LogP) is 1.31. The van der Waals surface area contributed by atoms with E-state index >= 15 is 0 Å². The zero-order valence-electron chi connectivity index (χ0n) is 11.4. The van der Waals surface area contributed by atoms with Gasteiger partial charge in [0.1, 0.15) is 12.4 Å². The van der Waals surface area contributed by atoms with Crippen molar-refractivity contribution in [1.29, 1.82) is 0 Å². The number of hydrogen-bond acceptors (Lipinski definition) is 4. The van der Waals surface area contributed by atoms with Crippen molar-refractivity contribution in [2.24, 2.45) is 4.99 Å². The van der Waals surface area contributed by atoms with Crippen LogP contribution in [0, 0.1) is 0 Å². The Bertz CT molecular complexity index is 557. The Hall–Kier alpha value is -2.57. The van der Waals surface area contributed by atoms with Gasteiger partial charge in [-0.05, 0) is 19.1 Å². The molecule has 0 spiro atoms. The molecule has 0 saturated heterocycles. The van der Waals surface area contributed by atoms with Crippen LogP contribution < -0.4 is 10.6 Å². The Balaban J connectivity index is 1.99. The number of aromatic nitrogens is 3. The van der Waals surface area contributed by atoms with E-state index in [1.165, 1.54) is 0 Å². The van der Waals surface area contributed by atoms with E-state index < -0.39 is 0 Å². The Morgan fingerprint density at radius 3 is 3.15 bits per heavy atom. The first-order valence-corrected chi connectivity index (χ1v) is 6.41. The summed E-state index contributed by atoms with van der Waals surface area (Å²) < 4.78 is 5.23. The van der Waals surface area contributed by atoms with Crippen molar-refractivity contribution in [3.8, 4) is 11.6 Å². The summed E-state index contributed by atoms with van der Waals surface area (Å²) in [6, 6.07) is 3.61. The van der Waals surface area contributed by atoms with Gasteiger partial charge in [-0.2, -0.15) is 0 Å². The average Bonchev–Trinajstić information content (AvgIpc) is 3.12. The summed E-state index contributed by atoms with van der Waals surface area (Å²) in [6.07, 6.45) is 3.36. The van der Waals surface area contributed by atoms with Crippen LogP contribution in [-0.2, 0) is 6.54 Å². The second-order valence-corrected chi connectivity index (χ2v) is 3.95. The highest BCUT2D eigenvalue weighted by molar-refractivity contribution is 5.79. The van der Waals surface area contributed by atoms with Crippen LogP contribution >= 0.6 is 0 Å². The summed E-state index contributed by atoms with van der Waals surface area (Å²) in [6.45, 7) is 7.51. The molecule has 106 valence electrons. The third-order valence-corrected chi connectivity index (χ3v) is 2.42. The van der Waals surface area contributed by atoms with Crippen molar-refractivity contribution in [2.45, 2.75) is 13.5 Å². The fourth-order valence-electron chi connectivity index (χ4n) is 1.55. The third kappa shape index (κ3) is 3.71. The van der Waals surface area contributed by atoms with Crippen molar-refractivity contribution in [3.63, 3.8) is 0 Å². The average molecular weight is 274 g/mol. The highest BCUT2D eigenvalue weighted by atomic mass is 16.3. The molecular formula is C13H18N6O. The fourth-order valence-corrected chi connectivity index (χ4v) is 1.55. The summed E-state index contributed by atoms with van der Waals surface area (Å²) in [4.78, 5) is 8.72. The number of H-pyrrole nitrogens is 1. The van der Waals surface area contributed by atoms with E-state index in [-0.39, 0.29) is 0 Å². The molecule has 2 heterocycles. The van der Waals surface area contributed by atoms with Gasteiger partial charge in [-0.15, -0.1) is 11.7 Å². The minimum atomic E-state index is 0.403. The smallest absolute Gasteiger partial charge is 0.216 e. The first-order chi connectivity index (χ1) is 9.83. The molecule has 0 saturated carbocycles. The minimum absolute atomic E-state index is 0.403. The van der Waals surface area contributed by atoms with Gasteiger partial charge in [0.05, 0.1) is 6.26 Å². The topological polar surface area (TPSA) is 91.1 Å². The molecule has 0 radical (unpaired) electrons. The van der Waals surface area contributed by atoms with Gasteiger partial charge in [-0.1, -0.05) is 6.08 Å². The zero-order valence-corrected chi connectivity index (χ0v) is 11.4. The standard InChI is InChI=1S/C13H18N6O/c1-3-7-15-13(14-4-2)16-9-11-17-12(19-18-11)10-6-5-8-20-10/h3,5-6,8H,1,4,7,9H2,2H3,(H2,14,15,16)(H,17,18,19). The molecule has 7 nitrogen and oxygen atoms in total. The van der Waals surface area contributed by atoms with Gasteiger partial charge in [0.25, 0.3) is 0 Å². The normalized spacial score (nSPS) is 11.3. The molecule has 0 unspecified atom stereocenters. The summed E-state index contributed by atoms with van der Waals surface area (Å²) in [7, 11) is 0. The van der Waals surface area contributed by atoms with Crippen LogP contribution in [-0.4, -0.2) is 34.2 Å². The highest BCUT2D eigenvalue weighted by Gasteiger charge is 2.07. The molecular weight excluding hydrogens is 256 g/mol. The van der Waals surface area contributed by atoms with E-state index in [2.05, 4.69) is 37.4 Å². The van der Waals surface area contributed by atoms with E-state index in [4.69, 9.17) is 4.42 Å². The van der Waals surface area contributed by atoms with Gasteiger partial charge in [0, 0.05) is 13.1 Å². The van der Waals surface area contributed by atoms with E-state index in [9.17, 15) is 0 Å². The summed E-state index contributed by atoms with van der Waals surface area (Å²) >= 11 is 0. The SMILES string of the molecule is C=CCNC(=NCc1nc(-c2ccco2)n[nH]1)NCC. The second-order valence-electron chi connectivity index (χ2n) is 3.95. The van der Waals surface area contributed by atoms with Crippen molar-refractivity contribution in [2.75, 3.05) is 13.1 Å². The van der Waals surface area contributed by atoms with Crippen molar-refractivity contribution < 1.29 is 4.42 Å². The van der Waals surface area contributed by atoms with Crippen LogP contribution in [0.25, 0.3) is 11.6 Å². The van der Waals surface area contributed by atoms with Crippen LogP contribution in [0.5, 0.6) is 0 Å². The molecule has 2 rings (SSSR count). The molecule has 0 bridgehead atoms. The maximum absolute atomic E-state index is 5.23. The number of rotatable bonds is 6. The van der Waals surface area contributed by atoms with Gasteiger partial charge in [-0.3, -0.25) is 5.10 Å². The molecule has 3 N–H and O–H groups in total. The zero-order chi connectivity index (χ0) is 14.2. The van der Waals surface area contributed by atoms with Crippen LogP contribution in [0.1, 0.15) is 12.7 Å². The number of nitrogens with one attached hydrogen (secondary N) is 3. The Morgan fingerprint density at radius 1 is 1.55 bits per heavy atom. The monoisotopic (exact) mass is 274 g/mol. The van der Waals surface area contributed by atoms with Gasteiger partial charge in [0.2, 0.25) is 5.82 Å². The summed E-state index contributed by atoms with van der Waals surface area (Å²) in [5.74, 6) is 2.55. The van der Waals surface area contributed by atoms with E-state index in [1.54, 1.807) is 18.4 Å². The van der Waals surface area contributed by atoms with E-state index in [0.29, 0.717) is 36.5 Å². The summed E-state index contributed by atoms with van der Waals surface area (Å²) in [5.41, 5.74) is 0. The van der Waals surface area contributed by atoms with Crippen LogP contribution in [0.2, 0.25) is 0 Å². The number of nitrogens with zero attached hydrogens (tertiary/aromatic N) is 3. The van der Waals surface area contributed by atoms with Gasteiger partial charge in [-0.25, -0.2) is 9.98 Å². The number of aliphatic imine (C=N–C) groups is 1. The fraction of sp³-hybridized carbons (Fsp3) is 0.308. The number of guanidine groups is 1. The van der Waals surface area contributed by atoms with E-state index in [1.807, 2.05) is 13.0 Å². The molecule has 0 aliphatic carbocycles. The number of hydrogen-bond donors (Lipinski definition) is 3. The Labute approximate surface area is 117 Å². The van der Waals surface area contributed by atoms with Crippen molar-refractivity contribution in [1.82, 2.24) is 25.8 Å². The maximum atomic E-state index is 5.23. The molecule has 0 fully saturated rings. The third-order valence-electron chi connectivity index (χ3n) is 2.42. The van der Waals surface area contributed by atoms with Crippen molar-refractivity contribution >= 4 is 5.96 Å². The lowest BCUT2D eigenvalue weighted by Gasteiger charge is -2.08. The molecule has 7 heteroatoms. The highest BCUT2D eigenvalue weighted by Crippen LogP contribution is 2.14. The first kappa shape index (κ1) is 13.9. The lowest BCUT2D eigenvalue weighted by atomic mass is 10.4. The van der Waals surface area contributed by atoms with Gasteiger partial charge in [0.15, 0.2) is 11.7 Å². The van der Waals surface area contributed by atoms with Crippen LogP contribution in [0.4, 0.5) is 0 Å².